The van der Waals surface area contributed by atoms with Gasteiger partial charge in [-0.3, -0.25) is 4.79 Å². The van der Waals surface area contributed by atoms with Crippen molar-refractivity contribution < 1.29 is 4.79 Å². The SMILES string of the molecule is O=C(/C=C/c1ccccc1)N1CCN(c2ccc(Cl)cc2-n2cccc2)CC1. The van der Waals surface area contributed by atoms with Crippen LogP contribution in [0.25, 0.3) is 11.8 Å². The first-order valence-electron chi connectivity index (χ1n) is 9.40. The molecule has 1 amide bonds. The Labute approximate surface area is 170 Å². The highest BCUT2D eigenvalue weighted by atomic mass is 35.5. The molecular weight excluding hydrogens is 370 g/mol. The van der Waals surface area contributed by atoms with E-state index in [-0.39, 0.29) is 5.91 Å². The minimum atomic E-state index is 0.0604. The van der Waals surface area contributed by atoms with E-state index in [0.29, 0.717) is 18.1 Å². The second-order valence-corrected chi connectivity index (χ2v) is 7.22. The average Bonchev–Trinajstić information content (AvgIpc) is 3.28. The highest BCUT2D eigenvalue weighted by molar-refractivity contribution is 6.30. The normalized spacial score (nSPS) is 14.6. The molecule has 1 fully saturated rings. The van der Waals surface area contributed by atoms with Crippen LogP contribution in [0.3, 0.4) is 0 Å². The molecule has 4 nitrogen and oxygen atoms in total. The number of benzene rings is 2. The first-order chi connectivity index (χ1) is 13.7. The third kappa shape index (κ3) is 4.12. The summed E-state index contributed by atoms with van der Waals surface area (Å²) in [6.07, 6.45) is 7.57. The van der Waals surface area contributed by atoms with Gasteiger partial charge in [-0.15, -0.1) is 0 Å². The maximum absolute atomic E-state index is 12.5. The van der Waals surface area contributed by atoms with E-state index in [9.17, 15) is 4.79 Å². The maximum atomic E-state index is 12.5. The molecule has 2 heterocycles. The Morgan fingerprint density at radius 3 is 2.29 bits per heavy atom. The van der Waals surface area contributed by atoms with Crippen LogP contribution >= 0.6 is 11.6 Å². The number of hydrogen-bond donors (Lipinski definition) is 0. The quantitative estimate of drug-likeness (QED) is 0.613. The van der Waals surface area contributed by atoms with E-state index >= 15 is 0 Å². The van der Waals surface area contributed by atoms with Crippen LogP contribution in [0.2, 0.25) is 5.02 Å². The Morgan fingerprint density at radius 1 is 0.857 bits per heavy atom. The molecule has 1 aliphatic heterocycles. The van der Waals surface area contributed by atoms with Crippen molar-refractivity contribution in [3.8, 4) is 5.69 Å². The van der Waals surface area contributed by atoms with E-state index in [1.807, 2.05) is 78.0 Å². The average molecular weight is 392 g/mol. The van der Waals surface area contributed by atoms with Gasteiger partial charge >= 0.3 is 0 Å². The number of amides is 1. The van der Waals surface area contributed by atoms with Gasteiger partial charge in [0.1, 0.15) is 0 Å². The van der Waals surface area contributed by atoms with Crippen molar-refractivity contribution in [2.24, 2.45) is 0 Å². The third-order valence-electron chi connectivity index (χ3n) is 4.97. The van der Waals surface area contributed by atoms with E-state index < -0.39 is 0 Å². The van der Waals surface area contributed by atoms with Crippen molar-refractivity contribution in [2.75, 3.05) is 31.1 Å². The van der Waals surface area contributed by atoms with Crippen LogP contribution in [0.4, 0.5) is 5.69 Å². The first-order valence-corrected chi connectivity index (χ1v) is 9.78. The van der Waals surface area contributed by atoms with Gasteiger partial charge in [0, 0.05) is 49.7 Å². The summed E-state index contributed by atoms with van der Waals surface area (Å²) in [6, 6.07) is 19.9. The molecule has 1 aromatic heterocycles. The Morgan fingerprint density at radius 2 is 1.57 bits per heavy atom. The summed E-state index contributed by atoms with van der Waals surface area (Å²) >= 11 is 6.23. The second kappa shape index (κ2) is 8.36. The number of piperazine rings is 1. The zero-order valence-electron chi connectivity index (χ0n) is 15.5. The first kappa shape index (κ1) is 18.4. The van der Waals surface area contributed by atoms with Gasteiger partial charge in [0.25, 0.3) is 0 Å². The maximum Gasteiger partial charge on any atom is 0.246 e. The molecule has 0 atom stereocenters. The third-order valence-corrected chi connectivity index (χ3v) is 5.21. The number of aromatic nitrogens is 1. The molecule has 4 rings (SSSR count). The van der Waals surface area contributed by atoms with Crippen LogP contribution < -0.4 is 4.90 Å². The number of halogens is 1. The van der Waals surface area contributed by atoms with Gasteiger partial charge in [-0.25, -0.2) is 0 Å². The van der Waals surface area contributed by atoms with E-state index in [2.05, 4.69) is 15.5 Å². The molecule has 28 heavy (non-hydrogen) atoms. The lowest BCUT2D eigenvalue weighted by molar-refractivity contribution is -0.126. The van der Waals surface area contributed by atoms with Crippen LogP contribution in [0.15, 0.2) is 79.1 Å². The van der Waals surface area contributed by atoms with Crippen molar-refractivity contribution in [3.05, 3.63) is 89.7 Å². The van der Waals surface area contributed by atoms with Gasteiger partial charge in [0.15, 0.2) is 0 Å². The Bertz CT molecular complexity index is 959. The molecule has 1 aliphatic rings. The summed E-state index contributed by atoms with van der Waals surface area (Å²) in [7, 11) is 0. The molecule has 0 unspecified atom stereocenters. The summed E-state index contributed by atoms with van der Waals surface area (Å²) in [6.45, 7) is 2.99. The summed E-state index contributed by atoms with van der Waals surface area (Å²) in [4.78, 5) is 16.7. The Hall–Kier alpha value is -2.98. The van der Waals surface area contributed by atoms with Crippen molar-refractivity contribution in [2.45, 2.75) is 0 Å². The predicted octanol–water partition coefficient (Wildman–Crippen LogP) is 4.49. The second-order valence-electron chi connectivity index (χ2n) is 6.78. The lowest BCUT2D eigenvalue weighted by Crippen LogP contribution is -2.48. The molecule has 142 valence electrons. The smallest absolute Gasteiger partial charge is 0.246 e. The number of hydrogen-bond acceptors (Lipinski definition) is 2. The fourth-order valence-corrected chi connectivity index (χ4v) is 3.64. The monoisotopic (exact) mass is 391 g/mol. The summed E-state index contributed by atoms with van der Waals surface area (Å²) in [5.74, 6) is 0.0604. The molecule has 0 N–H and O–H groups in total. The van der Waals surface area contributed by atoms with Crippen LogP contribution in [0.5, 0.6) is 0 Å². The van der Waals surface area contributed by atoms with Crippen LogP contribution in [0.1, 0.15) is 5.56 Å². The van der Waals surface area contributed by atoms with Crippen molar-refractivity contribution in [3.63, 3.8) is 0 Å². The van der Waals surface area contributed by atoms with Gasteiger partial charge in [-0.2, -0.15) is 0 Å². The molecule has 3 aromatic rings. The minimum Gasteiger partial charge on any atom is -0.366 e. The molecule has 0 radical (unpaired) electrons. The zero-order chi connectivity index (χ0) is 19.3. The Balaban J connectivity index is 1.43. The van der Waals surface area contributed by atoms with E-state index in [0.717, 1.165) is 30.0 Å². The fourth-order valence-electron chi connectivity index (χ4n) is 3.47. The molecule has 0 bridgehead atoms. The number of carbonyl (C=O) groups excluding carboxylic acids is 1. The van der Waals surface area contributed by atoms with Crippen LogP contribution in [-0.2, 0) is 4.79 Å². The number of rotatable bonds is 4. The van der Waals surface area contributed by atoms with Gasteiger partial charge in [-0.1, -0.05) is 41.9 Å². The Kier molecular flexibility index (Phi) is 5.49. The van der Waals surface area contributed by atoms with Crippen molar-refractivity contribution in [1.29, 1.82) is 0 Å². The topological polar surface area (TPSA) is 28.5 Å². The largest absolute Gasteiger partial charge is 0.366 e. The van der Waals surface area contributed by atoms with Crippen LogP contribution in [-0.4, -0.2) is 41.6 Å². The van der Waals surface area contributed by atoms with E-state index in [1.54, 1.807) is 6.08 Å². The van der Waals surface area contributed by atoms with Crippen LogP contribution in [0, 0.1) is 0 Å². The standard InChI is InChI=1S/C23H22ClN3O/c24-20-9-10-21(22(18-20)25-12-4-5-13-25)26-14-16-27(17-15-26)23(28)11-8-19-6-2-1-3-7-19/h1-13,18H,14-17H2/b11-8+. The molecular formula is C23H22ClN3O. The van der Waals surface area contributed by atoms with Gasteiger partial charge in [0.05, 0.1) is 11.4 Å². The predicted molar refractivity (Wildman–Crippen MR) is 115 cm³/mol. The van der Waals surface area contributed by atoms with Gasteiger partial charge in [0.2, 0.25) is 5.91 Å². The summed E-state index contributed by atoms with van der Waals surface area (Å²) in [5.41, 5.74) is 3.22. The van der Waals surface area contributed by atoms with Crippen molar-refractivity contribution in [1.82, 2.24) is 9.47 Å². The summed E-state index contributed by atoms with van der Waals surface area (Å²) in [5, 5.41) is 0.715. The lowest BCUT2D eigenvalue weighted by Gasteiger charge is -2.36. The molecule has 2 aromatic carbocycles. The zero-order valence-corrected chi connectivity index (χ0v) is 16.3. The molecule has 1 saturated heterocycles. The molecule has 0 spiro atoms. The number of anilines is 1. The molecule has 0 saturated carbocycles. The number of nitrogens with zero attached hydrogens (tertiary/aromatic N) is 3. The highest BCUT2D eigenvalue weighted by Crippen LogP contribution is 2.29. The highest BCUT2D eigenvalue weighted by Gasteiger charge is 2.22. The van der Waals surface area contributed by atoms with Gasteiger partial charge < -0.3 is 14.4 Å². The molecule has 0 aliphatic carbocycles. The molecule has 5 heteroatoms. The summed E-state index contributed by atoms with van der Waals surface area (Å²) < 4.78 is 2.07. The van der Waals surface area contributed by atoms with E-state index in [4.69, 9.17) is 11.6 Å². The van der Waals surface area contributed by atoms with Crippen molar-refractivity contribution >= 4 is 29.3 Å². The fraction of sp³-hybridized carbons (Fsp3) is 0.174. The number of carbonyl (C=O) groups is 1. The lowest BCUT2D eigenvalue weighted by atomic mass is 10.2. The van der Waals surface area contributed by atoms with E-state index in [1.165, 1.54) is 0 Å². The van der Waals surface area contributed by atoms with Gasteiger partial charge in [-0.05, 0) is 42.0 Å². The minimum absolute atomic E-state index is 0.0604.